The number of halogens is 1. The SMILES string of the molecule is COC(C)(C)CNc1nccc(C)c1Br. The maximum atomic E-state index is 5.32. The van der Waals surface area contributed by atoms with Gasteiger partial charge in [-0.25, -0.2) is 4.98 Å². The van der Waals surface area contributed by atoms with Gasteiger partial charge in [0.25, 0.3) is 0 Å². The average Bonchev–Trinajstić information content (AvgIpc) is 2.20. The van der Waals surface area contributed by atoms with Crippen LogP contribution in [0.2, 0.25) is 0 Å². The van der Waals surface area contributed by atoms with E-state index in [0.29, 0.717) is 0 Å². The van der Waals surface area contributed by atoms with E-state index in [-0.39, 0.29) is 5.60 Å². The zero-order valence-corrected chi connectivity index (χ0v) is 11.2. The summed E-state index contributed by atoms with van der Waals surface area (Å²) in [4.78, 5) is 4.26. The zero-order chi connectivity index (χ0) is 11.5. The Morgan fingerprint density at radius 2 is 2.20 bits per heavy atom. The first kappa shape index (κ1) is 12.5. The molecule has 0 aliphatic carbocycles. The lowest BCUT2D eigenvalue weighted by Gasteiger charge is -2.23. The van der Waals surface area contributed by atoms with Crippen molar-refractivity contribution >= 4 is 21.7 Å². The lowest BCUT2D eigenvalue weighted by molar-refractivity contribution is 0.0343. The fourth-order valence-electron chi connectivity index (χ4n) is 1.03. The van der Waals surface area contributed by atoms with Gasteiger partial charge in [0.15, 0.2) is 0 Å². The third-order valence-electron chi connectivity index (χ3n) is 2.32. The predicted molar refractivity (Wildman–Crippen MR) is 66.3 cm³/mol. The summed E-state index contributed by atoms with van der Waals surface area (Å²) < 4.78 is 6.33. The summed E-state index contributed by atoms with van der Waals surface area (Å²) in [6, 6.07) is 1.97. The first-order valence-corrected chi connectivity index (χ1v) is 5.66. The molecule has 0 amide bonds. The Kier molecular flexibility index (Phi) is 4.11. The normalized spacial score (nSPS) is 11.5. The smallest absolute Gasteiger partial charge is 0.140 e. The van der Waals surface area contributed by atoms with Crippen LogP contribution in [0.3, 0.4) is 0 Å². The van der Waals surface area contributed by atoms with Crippen molar-refractivity contribution < 1.29 is 4.74 Å². The number of pyridine rings is 1. The standard InChI is InChI=1S/C11H17BrN2O/c1-8-5-6-13-10(9(8)12)14-7-11(2,3)15-4/h5-6H,7H2,1-4H3,(H,13,14). The van der Waals surface area contributed by atoms with Crippen LogP contribution < -0.4 is 5.32 Å². The van der Waals surface area contributed by atoms with Crippen LogP contribution in [0.4, 0.5) is 5.82 Å². The maximum Gasteiger partial charge on any atom is 0.140 e. The molecule has 0 saturated heterocycles. The highest BCUT2D eigenvalue weighted by molar-refractivity contribution is 9.10. The Morgan fingerprint density at radius 3 is 2.80 bits per heavy atom. The lowest BCUT2D eigenvalue weighted by Crippen LogP contribution is -2.32. The Bertz CT molecular complexity index is 339. The molecule has 4 heteroatoms. The largest absolute Gasteiger partial charge is 0.377 e. The van der Waals surface area contributed by atoms with Crippen molar-refractivity contribution in [3.63, 3.8) is 0 Å². The highest BCUT2D eigenvalue weighted by Crippen LogP contribution is 2.23. The van der Waals surface area contributed by atoms with Gasteiger partial charge in [0.1, 0.15) is 5.82 Å². The van der Waals surface area contributed by atoms with Crippen molar-refractivity contribution in [2.75, 3.05) is 19.0 Å². The average molecular weight is 273 g/mol. The minimum absolute atomic E-state index is 0.190. The zero-order valence-electron chi connectivity index (χ0n) is 9.60. The van der Waals surface area contributed by atoms with Crippen LogP contribution in [-0.2, 0) is 4.74 Å². The van der Waals surface area contributed by atoms with E-state index < -0.39 is 0 Å². The van der Waals surface area contributed by atoms with E-state index in [2.05, 4.69) is 26.2 Å². The summed E-state index contributed by atoms with van der Waals surface area (Å²) in [5, 5.41) is 3.26. The molecule has 3 nitrogen and oxygen atoms in total. The molecular weight excluding hydrogens is 256 g/mol. The minimum atomic E-state index is -0.190. The number of nitrogens with zero attached hydrogens (tertiary/aromatic N) is 1. The number of methoxy groups -OCH3 is 1. The topological polar surface area (TPSA) is 34.1 Å². The van der Waals surface area contributed by atoms with Crippen LogP contribution >= 0.6 is 15.9 Å². The van der Waals surface area contributed by atoms with Crippen molar-refractivity contribution in [3.8, 4) is 0 Å². The Hall–Kier alpha value is -0.610. The van der Waals surface area contributed by atoms with Gasteiger partial charge < -0.3 is 10.1 Å². The van der Waals surface area contributed by atoms with Gasteiger partial charge >= 0.3 is 0 Å². The fraction of sp³-hybridized carbons (Fsp3) is 0.545. The van der Waals surface area contributed by atoms with E-state index in [1.807, 2.05) is 26.8 Å². The molecule has 0 saturated carbocycles. The van der Waals surface area contributed by atoms with Gasteiger partial charge in [0.05, 0.1) is 10.1 Å². The third-order valence-corrected chi connectivity index (χ3v) is 3.32. The Morgan fingerprint density at radius 1 is 1.53 bits per heavy atom. The number of rotatable bonds is 4. The van der Waals surface area contributed by atoms with Gasteiger partial charge in [0.2, 0.25) is 0 Å². The van der Waals surface area contributed by atoms with Gasteiger partial charge in [-0.3, -0.25) is 0 Å². The third kappa shape index (κ3) is 3.47. The molecule has 1 rings (SSSR count). The van der Waals surface area contributed by atoms with E-state index in [4.69, 9.17) is 4.74 Å². The Balaban J connectivity index is 2.70. The van der Waals surface area contributed by atoms with Crippen LogP contribution in [0.5, 0.6) is 0 Å². The predicted octanol–water partition coefficient (Wildman–Crippen LogP) is 2.99. The molecule has 0 spiro atoms. The van der Waals surface area contributed by atoms with Gasteiger partial charge in [-0.15, -0.1) is 0 Å². The van der Waals surface area contributed by atoms with Crippen LogP contribution in [0, 0.1) is 6.92 Å². The molecule has 1 N–H and O–H groups in total. The molecule has 0 atom stereocenters. The van der Waals surface area contributed by atoms with Crippen molar-refractivity contribution in [2.45, 2.75) is 26.4 Å². The lowest BCUT2D eigenvalue weighted by atomic mass is 10.1. The van der Waals surface area contributed by atoms with E-state index in [1.165, 1.54) is 5.56 Å². The molecule has 0 aliphatic rings. The number of anilines is 1. The maximum absolute atomic E-state index is 5.32. The quantitative estimate of drug-likeness (QED) is 0.915. The van der Waals surface area contributed by atoms with Gasteiger partial charge in [-0.05, 0) is 48.3 Å². The molecule has 0 radical (unpaired) electrons. The molecule has 1 aromatic heterocycles. The Labute approximate surface area is 99.4 Å². The number of ether oxygens (including phenoxy) is 1. The molecule has 84 valence electrons. The first-order valence-electron chi connectivity index (χ1n) is 4.86. The summed E-state index contributed by atoms with van der Waals surface area (Å²) in [6.07, 6.45) is 1.79. The van der Waals surface area contributed by atoms with Crippen LogP contribution in [0.15, 0.2) is 16.7 Å². The van der Waals surface area contributed by atoms with Crippen molar-refractivity contribution in [1.82, 2.24) is 4.98 Å². The molecule has 0 unspecified atom stereocenters. The van der Waals surface area contributed by atoms with Crippen molar-refractivity contribution in [3.05, 3.63) is 22.3 Å². The molecule has 15 heavy (non-hydrogen) atoms. The molecule has 1 heterocycles. The second kappa shape index (κ2) is 4.94. The minimum Gasteiger partial charge on any atom is -0.377 e. The fourth-order valence-corrected chi connectivity index (χ4v) is 1.41. The highest BCUT2D eigenvalue weighted by atomic mass is 79.9. The van der Waals surface area contributed by atoms with Crippen molar-refractivity contribution in [1.29, 1.82) is 0 Å². The summed E-state index contributed by atoms with van der Waals surface area (Å²) in [7, 11) is 1.71. The second-order valence-electron chi connectivity index (χ2n) is 4.11. The van der Waals surface area contributed by atoms with Gasteiger partial charge in [-0.1, -0.05) is 0 Å². The number of hydrogen-bond donors (Lipinski definition) is 1. The van der Waals surface area contributed by atoms with Crippen LogP contribution in [0.1, 0.15) is 19.4 Å². The molecule has 0 aromatic carbocycles. The summed E-state index contributed by atoms with van der Waals surface area (Å²) in [6.45, 7) is 6.82. The van der Waals surface area contributed by atoms with Crippen LogP contribution in [-0.4, -0.2) is 24.2 Å². The number of aryl methyl sites for hydroxylation is 1. The van der Waals surface area contributed by atoms with Crippen LogP contribution in [0.25, 0.3) is 0 Å². The molecule has 1 aromatic rings. The molecule has 0 bridgehead atoms. The molecule has 0 fully saturated rings. The number of hydrogen-bond acceptors (Lipinski definition) is 3. The molecule has 0 aliphatic heterocycles. The summed E-state index contributed by atoms with van der Waals surface area (Å²) in [5.41, 5.74) is 0.980. The van der Waals surface area contributed by atoms with E-state index in [1.54, 1.807) is 13.3 Å². The number of nitrogens with one attached hydrogen (secondary N) is 1. The van der Waals surface area contributed by atoms with E-state index >= 15 is 0 Å². The first-order chi connectivity index (χ1) is 6.96. The van der Waals surface area contributed by atoms with Gasteiger partial charge in [-0.2, -0.15) is 0 Å². The second-order valence-corrected chi connectivity index (χ2v) is 4.90. The van der Waals surface area contributed by atoms with Crippen molar-refractivity contribution in [2.24, 2.45) is 0 Å². The summed E-state index contributed by atoms with van der Waals surface area (Å²) >= 11 is 3.50. The van der Waals surface area contributed by atoms with Gasteiger partial charge in [0, 0.05) is 19.9 Å². The highest BCUT2D eigenvalue weighted by Gasteiger charge is 2.16. The van der Waals surface area contributed by atoms with E-state index in [9.17, 15) is 0 Å². The number of aromatic nitrogens is 1. The van der Waals surface area contributed by atoms with E-state index in [0.717, 1.165) is 16.8 Å². The molecular formula is C11H17BrN2O. The monoisotopic (exact) mass is 272 g/mol. The summed E-state index contributed by atoms with van der Waals surface area (Å²) in [5.74, 6) is 0.861.